The van der Waals surface area contributed by atoms with Gasteiger partial charge in [-0.05, 0) is 73.6 Å². The third kappa shape index (κ3) is 11.4. The van der Waals surface area contributed by atoms with Crippen molar-refractivity contribution < 1.29 is 37.2 Å². The van der Waals surface area contributed by atoms with Gasteiger partial charge in [0.1, 0.15) is 6.04 Å². The molecule has 2 atom stereocenters. The number of piperazine rings is 1. The normalized spacial score (nSPS) is 16.6. The molecule has 314 valence electrons. The van der Waals surface area contributed by atoms with Crippen LogP contribution >= 0.6 is 11.6 Å². The molecule has 0 aromatic heterocycles. The van der Waals surface area contributed by atoms with Gasteiger partial charge in [-0.25, -0.2) is 23.1 Å². The topological polar surface area (TPSA) is 149 Å². The van der Waals surface area contributed by atoms with Crippen molar-refractivity contribution in [1.82, 2.24) is 20.2 Å². The van der Waals surface area contributed by atoms with Crippen molar-refractivity contribution >= 4 is 57.5 Å². The lowest BCUT2D eigenvalue weighted by atomic mass is 9.77. The lowest BCUT2D eigenvalue weighted by Gasteiger charge is -2.43. The number of para-hydroxylation sites is 2. The molecule has 1 fully saturated rings. The predicted molar refractivity (Wildman–Crippen MR) is 224 cm³/mol. The maximum Gasteiger partial charge on any atom is 0.419 e. The van der Waals surface area contributed by atoms with Gasteiger partial charge in [0.2, 0.25) is 22.3 Å². The minimum atomic E-state index is -3.79. The van der Waals surface area contributed by atoms with Gasteiger partial charge in [0.25, 0.3) is 0 Å². The summed E-state index contributed by atoms with van der Waals surface area (Å²) in [5, 5.41) is 4.29. The number of benzene rings is 3. The van der Waals surface area contributed by atoms with Crippen molar-refractivity contribution in [3.05, 3.63) is 94.5 Å². The zero-order valence-electron chi connectivity index (χ0n) is 34.3. The molecule has 0 saturated carbocycles. The number of halogens is 1. The lowest BCUT2D eigenvalue weighted by molar-refractivity contribution is -0.214. The van der Waals surface area contributed by atoms with Crippen LogP contribution in [-0.4, -0.2) is 111 Å². The molecule has 1 saturated heterocycles. The van der Waals surface area contributed by atoms with Crippen molar-refractivity contribution in [2.45, 2.75) is 72.1 Å². The highest BCUT2D eigenvalue weighted by Gasteiger charge is 2.40. The second kappa shape index (κ2) is 18.4. The third-order valence-electron chi connectivity index (χ3n) is 9.98. The summed E-state index contributed by atoms with van der Waals surface area (Å²) in [7, 11) is -3.79. The molecular weight excluding hydrogens is 784 g/mol. The summed E-state index contributed by atoms with van der Waals surface area (Å²) < 4.78 is 32.9. The number of nitrogens with zero attached hydrogens (tertiary/aromatic N) is 5. The molecule has 58 heavy (non-hydrogen) atoms. The van der Waals surface area contributed by atoms with E-state index in [0.29, 0.717) is 48.9 Å². The SMILES string of the molecule is CC(C)(C)ON(C=O)CCN(c1ccccc1N1CCN(C(=O)[C@@H](Cc2ccc(Cl)cc2)NC(=O)OC(=O)N2CCc3ccccc3C2C(C)(C)C)CC1)S(C)(=O)=O. The monoisotopic (exact) mass is 838 g/mol. The summed E-state index contributed by atoms with van der Waals surface area (Å²) in [5.74, 6) is -0.364. The number of anilines is 2. The first-order valence-corrected chi connectivity index (χ1v) is 21.6. The maximum absolute atomic E-state index is 14.2. The fraction of sp³-hybridized carbons (Fsp3) is 0.476. The summed E-state index contributed by atoms with van der Waals surface area (Å²) in [5.41, 5.74) is 2.94. The highest BCUT2D eigenvalue weighted by atomic mass is 35.5. The highest BCUT2D eigenvalue weighted by Crippen LogP contribution is 2.42. The Balaban J connectivity index is 1.30. The Morgan fingerprint density at radius 2 is 1.53 bits per heavy atom. The molecule has 4 amide bonds. The summed E-state index contributed by atoms with van der Waals surface area (Å²) in [4.78, 5) is 64.0. The van der Waals surface area contributed by atoms with Crippen LogP contribution in [0.1, 0.15) is 64.3 Å². The molecule has 0 aliphatic carbocycles. The summed E-state index contributed by atoms with van der Waals surface area (Å²) in [6.07, 6.45) is 0.544. The van der Waals surface area contributed by atoms with Crippen molar-refractivity contribution in [3.8, 4) is 0 Å². The Kier molecular flexibility index (Phi) is 14.0. The first-order valence-electron chi connectivity index (χ1n) is 19.4. The van der Waals surface area contributed by atoms with E-state index in [9.17, 15) is 27.6 Å². The lowest BCUT2D eigenvalue weighted by Crippen LogP contribution is -2.56. The van der Waals surface area contributed by atoms with Crippen LogP contribution in [0.5, 0.6) is 0 Å². The summed E-state index contributed by atoms with van der Waals surface area (Å²) in [6, 6.07) is 20.6. The molecule has 2 aliphatic heterocycles. The molecule has 0 bridgehead atoms. The average molecular weight is 839 g/mol. The van der Waals surface area contributed by atoms with Crippen LogP contribution in [0.25, 0.3) is 0 Å². The Morgan fingerprint density at radius 1 is 0.897 bits per heavy atom. The van der Waals surface area contributed by atoms with Gasteiger partial charge in [0, 0.05) is 44.2 Å². The molecule has 3 aromatic carbocycles. The van der Waals surface area contributed by atoms with Crippen molar-refractivity contribution in [3.63, 3.8) is 0 Å². The van der Waals surface area contributed by atoms with E-state index >= 15 is 0 Å². The third-order valence-corrected chi connectivity index (χ3v) is 11.4. The van der Waals surface area contributed by atoms with E-state index in [0.717, 1.165) is 28.0 Å². The zero-order valence-corrected chi connectivity index (χ0v) is 35.9. The van der Waals surface area contributed by atoms with Crippen LogP contribution in [0.3, 0.4) is 0 Å². The zero-order chi connectivity index (χ0) is 42.4. The number of sulfonamides is 1. The molecule has 2 heterocycles. The van der Waals surface area contributed by atoms with Gasteiger partial charge in [-0.1, -0.05) is 80.9 Å². The predicted octanol–water partition coefficient (Wildman–Crippen LogP) is 6.05. The first kappa shape index (κ1) is 44.2. The van der Waals surface area contributed by atoms with Crippen LogP contribution in [0.2, 0.25) is 5.02 Å². The number of hydroxylamine groups is 2. The molecule has 1 unspecified atom stereocenters. The second-order valence-corrected chi connectivity index (χ2v) is 19.0. The van der Waals surface area contributed by atoms with Gasteiger partial charge >= 0.3 is 12.2 Å². The second-order valence-electron chi connectivity index (χ2n) is 16.7. The standard InChI is InChI=1S/C42H55ClN6O8S/c1-41(2,3)37-33-13-9-8-12-31(33)20-21-48(37)40(53)56-39(52)44-34(28-30-16-18-32(43)19-17-30)38(51)46-24-22-45(23-25-46)35-14-10-11-15-36(35)49(58(7,54)55)27-26-47(29-50)57-42(4,5)6/h8-19,29,34,37H,20-28H2,1-7H3,(H,44,52)/t34-,37?/m1/s1. The molecule has 5 rings (SSSR count). The van der Waals surface area contributed by atoms with E-state index in [-0.39, 0.29) is 50.0 Å². The van der Waals surface area contributed by atoms with E-state index in [4.69, 9.17) is 21.2 Å². The first-order chi connectivity index (χ1) is 27.2. The number of fused-ring (bicyclic) bond motifs is 1. The number of hydrogen-bond donors (Lipinski definition) is 1. The van der Waals surface area contributed by atoms with Crippen LogP contribution in [0.4, 0.5) is 21.0 Å². The van der Waals surface area contributed by atoms with Gasteiger partial charge in [-0.2, -0.15) is 0 Å². The Labute approximate surface area is 347 Å². The molecule has 16 heteroatoms. The Bertz CT molecular complexity index is 2040. The maximum atomic E-state index is 14.2. The van der Waals surface area contributed by atoms with Gasteiger partial charge in [-0.3, -0.25) is 23.6 Å². The molecule has 1 N–H and O–H groups in total. The number of nitrogens with one attached hydrogen (secondary N) is 1. The van der Waals surface area contributed by atoms with Gasteiger partial charge < -0.3 is 19.9 Å². The van der Waals surface area contributed by atoms with Crippen molar-refractivity contribution in [1.29, 1.82) is 0 Å². The number of ether oxygens (including phenoxy) is 1. The number of rotatable bonds is 12. The van der Waals surface area contributed by atoms with Crippen LogP contribution in [0.15, 0.2) is 72.8 Å². The smallest absolute Gasteiger partial charge is 0.366 e. The molecule has 0 spiro atoms. The quantitative estimate of drug-likeness (QED) is 0.131. The molecular formula is C42H55ClN6O8S. The van der Waals surface area contributed by atoms with E-state index in [2.05, 4.69) is 11.4 Å². The van der Waals surface area contributed by atoms with Crippen LogP contribution in [-0.2, 0) is 42.0 Å². The largest absolute Gasteiger partial charge is 0.419 e. The van der Waals surface area contributed by atoms with E-state index in [1.807, 2.05) is 56.0 Å². The van der Waals surface area contributed by atoms with Crippen molar-refractivity contribution in [2.75, 3.05) is 61.3 Å². The minimum Gasteiger partial charge on any atom is -0.366 e. The van der Waals surface area contributed by atoms with Crippen molar-refractivity contribution in [2.24, 2.45) is 5.41 Å². The van der Waals surface area contributed by atoms with E-state index in [1.165, 1.54) is 4.31 Å². The minimum absolute atomic E-state index is 0.0103. The number of hydrogen-bond acceptors (Lipinski definition) is 9. The van der Waals surface area contributed by atoms with Crippen LogP contribution in [0, 0.1) is 5.41 Å². The Hall–Kier alpha value is -4.86. The number of carbonyl (C=O) groups is 4. The number of carbonyl (C=O) groups excluding carboxylic acids is 4. The van der Waals surface area contributed by atoms with Crippen LogP contribution < -0.4 is 14.5 Å². The molecule has 14 nitrogen and oxygen atoms in total. The fourth-order valence-corrected chi connectivity index (χ4v) is 8.57. The Morgan fingerprint density at radius 3 is 2.16 bits per heavy atom. The number of alkyl carbamates (subject to hydrolysis) is 1. The summed E-state index contributed by atoms with van der Waals surface area (Å²) in [6.45, 7) is 13.0. The van der Waals surface area contributed by atoms with Gasteiger partial charge in [0.15, 0.2) is 0 Å². The highest BCUT2D eigenvalue weighted by molar-refractivity contribution is 7.92. The molecule has 0 radical (unpaired) electrons. The van der Waals surface area contributed by atoms with E-state index in [1.54, 1.807) is 67.0 Å². The molecule has 2 aliphatic rings. The summed E-state index contributed by atoms with van der Waals surface area (Å²) >= 11 is 6.13. The van der Waals surface area contributed by atoms with E-state index < -0.39 is 33.9 Å². The average Bonchev–Trinajstić information content (AvgIpc) is 3.16. The van der Waals surface area contributed by atoms with Gasteiger partial charge in [-0.15, -0.1) is 0 Å². The number of amides is 4. The molecule has 3 aromatic rings. The van der Waals surface area contributed by atoms with Gasteiger partial charge in [0.05, 0.1) is 42.4 Å². The fourth-order valence-electron chi connectivity index (χ4n) is 7.52.